The summed E-state index contributed by atoms with van der Waals surface area (Å²) in [6.07, 6.45) is 0. The summed E-state index contributed by atoms with van der Waals surface area (Å²) >= 11 is 0. The minimum absolute atomic E-state index is 0.000879. The van der Waals surface area contributed by atoms with Crippen LogP contribution in [-0.2, 0) is 0 Å². The van der Waals surface area contributed by atoms with Gasteiger partial charge in [-0.15, -0.1) is 0 Å². The lowest BCUT2D eigenvalue weighted by molar-refractivity contribution is 0.0842. The number of hydrogen-bond donors (Lipinski definition) is 4. The highest BCUT2D eigenvalue weighted by atomic mass is 16.4. The van der Waals surface area contributed by atoms with Gasteiger partial charge in [-0.2, -0.15) is 0 Å². The number of fused-ring (bicyclic) bond motifs is 2. The van der Waals surface area contributed by atoms with E-state index < -0.39 is 34.4 Å². The van der Waals surface area contributed by atoms with Gasteiger partial charge < -0.3 is 19.0 Å². The largest absolute Gasteiger partial charge is 0.508 e. The van der Waals surface area contributed by atoms with Gasteiger partial charge >= 0.3 is 11.3 Å². The molecule has 0 fully saturated rings. The molecule has 0 saturated carbocycles. The molecule has 150 valence electrons. The van der Waals surface area contributed by atoms with Crippen LogP contribution in [-0.4, -0.2) is 22.0 Å². The molecule has 0 aliphatic carbocycles. The third kappa shape index (κ3) is 3.33. The van der Waals surface area contributed by atoms with Crippen molar-refractivity contribution in [2.45, 2.75) is 0 Å². The lowest BCUT2D eigenvalue weighted by Crippen LogP contribution is -2.44. The van der Waals surface area contributed by atoms with Gasteiger partial charge in [0, 0.05) is 17.5 Å². The predicted octanol–water partition coefficient (Wildman–Crippen LogP) is 1.39. The minimum Gasteiger partial charge on any atom is -0.508 e. The molecule has 4 N–H and O–H groups in total. The van der Waals surface area contributed by atoms with Crippen LogP contribution in [0.3, 0.4) is 0 Å². The van der Waals surface area contributed by atoms with E-state index in [9.17, 15) is 29.4 Å². The number of aromatic hydroxyl groups is 2. The van der Waals surface area contributed by atoms with Crippen molar-refractivity contribution in [2.24, 2.45) is 0 Å². The van der Waals surface area contributed by atoms with Crippen LogP contribution in [0.25, 0.3) is 21.9 Å². The predicted molar refractivity (Wildman–Crippen MR) is 103 cm³/mol. The molecule has 4 aromatic rings. The molecule has 2 aromatic heterocycles. The van der Waals surface area contributed by atoms with Gasteiger partial charge in [-0.25, -0.2) is 9.59 Å². The van der Waals surface area contributed by atoms with Crippen LogP contribution in [0.4, 0.5) is 0 Å². The van der Waals surface area contributed by atoms with E-state index in [0.717, 1.165) is 18.2 Å². The van der Waals surface area contributed by atoms with Crippen molar-refractivity contribution in [1.29, 1.82) is 0 Å². The Hall–Kier alpha value is -4.60. The lowest BCUT2D eigenvalue weighted by atomic mass is 10.1. The summed E-state index contributed by atoms with van der Waals surface area (Å²) < 4.78 is 9.97. The van der Waals surface area contributed by atoms with Gasteiger partial charge in [-0.3, -0.25) is 20.4 Å². The van der Waals surface area contributed by atoms with Crippen molar-refractivity contribution in [1.82, 2.24) is 10.9 Å². The standard InChI is InChI=1S/C20H12N2O8/c23-10-6-14(24)11-8-13(20(28)30-16(11)7-10)18(26)22-21-17(25)12-5-9-3-1-2-4-15(9)29-19(12)27/h1-8,23-24H,(H,21,25)(H,22,26). The maximum Gasteiger partial charge on any atom is 0.349 e. The third-order valence-electron chi connectivity index (χ3n) is 4.24. The molecule has 0 unspecified atom stereocenters. The third-order valence-corrected chi connectivity index (χ3v) is 4.24. The number of amides is 2. The van der Waals surface area contributed by atoms with E-state index in [4.69, 9.17) is 8.83 Å². The quantitative estimate of drug-likeness (QED) is 0.286. The lowest BCUT2D eigenvalue weighted by Gasteiger charge is -2.08. The van der Waals surface area contributed by atoms with E-state index in [1.54, 1.807) is 24.3 Å². The fraction of sp³-hybridized carbons (Fsp3) is 0. The molecule has 0 atom stereocenters. The van der Waals surface area contributed by atoms with E-state index in [2.05, 4.69) is 0 Å². The summed E-state index contributed by atoms with van der Waals surface area (Å²) in [5, 5.41) is 19.8. The zero-order valence-electron chi connectivity index (χ0n) is 15.0. The minimum atomic E-state index is -1.07. The van der Waals surface area contributed by atoms with Crippen LogP contribution in [0.15, 0.2) is 67.0 Å². The van der Waals surface area contributed by atoms with Crippen molar-refractivity contribution >= 4 is 33.8 Å². The average molecular weight is 408 g/mol. The number of hydrazine groups is 1. The van der Waals surface area contributed by atoms with Crippen LogP contribution >= 0.6 is 0 Å². The molecule has 0 bridgehead atoms. The highest BCUT2D eigenvalue weighted by molar-refractivity contribution is 6.01. The number of carbonyl (C=O) groups excluding carboxylic acids is 2. The second-order valence-corrected chi connectivity index (χ2v) is 6.22. The van der Waals surface area contributed by atoms with Gasteiger partial charge in [-0.05, 0) is 18.2 Å². The second kappa shape index (κ2) is 7.09. The van der Waals surface area contributed by atoms with E-state index in [1.807, 2.05) is 10.9 Å². The Labute approximate surface area is 165 Å². The number of carbonyl (C=O) groups is 2. The Morgan fingerprint density at radius 2 is 1.37 bits per heavy atom. The van der Waals surface area contributed by atoms with Crippen molar-refractivity contribution < 1.29 is 28.6 Å². The van der Waals surface area contributed by atoms with E-state index in [0.29, 0.717) is 11.0 Å². The molecule has 0 saturated heterocycles. The molecule has 4 rings (SSSR count). The van der Waals surface area contributed by atoms with Crippen LogP contribution in [0.1, 0.15) is 20.7 Å². The molecule has 0 radical (unpaired) electrons. The topological polar surface area (TPSA) is 159 Å². The van der Waals surface area contributed by atoms with Crippen molar-refractivity contribution in [3.8, 4) is 11.5 Å². The SMILES string of the molecule is O=C(NNC(=O)c1cc2c(O)cc(O)cc2oc1=O)c1cc2ccccc2oc1=O. The number of para-hydroxylation sites is 1. The van der Waals surface area contributed by atoms with Crippen LogP contribution < -0.4 is 22.1 Å². The first-order valence-corrected chi connectivity index (χ1v) is 8.47. The molecule has 0 spiro atoms. The molecule has 10 heteroatoms. The van der Waals surface area contributed by atoms with E-state index in [1.165, 1.54) is 6.07 Å². The molecule has 10 nitrogen and oxygen atoms in total. The van der Waals surface area contributed by atoms with Crippen LogP contribution in [0.2, 0.25) is 0 Å². The number of phenolic OH excluding ortho intramolecular Hbond substituents is 2. The average Bonchev–Trinajstić information content (AvgIpc) is 2.70. The number of rotatable bonds is 2. The second-order valence-electron chi connectivity index (χ2n) is 6.22. The van der Waals surface area contributed by atoms with Gasteiger partial charge in [-0.1, -0.05) is 18.2 Å². The fourth-order valence-electron chi connectivity index (χ4n) is 2.81. The van der Waals surface area contributed by atoms with E-state index >= 15 is 0 Å². The van der Waals surface area contributed by atoms with Crippen molar-refractivity contribution in [3.05, 3.63) is 80.5 Å². The fourth-order valence-corrected chi connectivity index (χ4v) is 2.81. The summed E-state index contributed by atoms with van der Waals surface area (Å²) in [6, 6.07) is 11.0. The molecule has 0 aliphatic heterocycles. The Morgan fingerprint density at radius 1 is 0.767 bits per heavy atom. The molecule has 2 heterocycles. The van der Waals surface area contributed by atoms with Crippen molar-refractivity contribution in [3.63, 3.8) is 0 Å². The zero-order chi connectivity index (χ0) is 21.4. The summed E-state index contributed by atoms with van der Waals surface area (Å²) in [5.41, 5.74) is 1.34. The number of hydrogen-bond acceptors (Lipinski definition) is 8. The summed E-state index contributed by atoms with van der Waals surface area (Å²) in [5.74, 6) is -2.75. The Morgan fingerprint density at radius 3 is 2.07 bits per heavy atom. The number of benzene rings is 2. The van der Waals surface area contributed by atoms with Crippen LogP contribution in [0, 0.1) is 0 Å². The Kier molecular flexibility index (Phi) is 4.43. The molecular formula is C20H12N2O8. The van der Waals surface area contributed by atoms with Crippen molar-refractivity contribution in [2.75, 3.05) is 0 Å². The number of nitrogens with one attached hydrogen (secondary N) is 2. The van der Waals surface area contributed by atoms with E-state index in [-0.39, 0.29) is 22.3 Å². The maximum atomic E-state index is 12.3. The first-order valence-electron chi connectivity index (χ1n) is 8.47. The molecule has 0 aliphatic rings. The zero-order valence-corrected chi connectivity index (χ0v) is 15.0. The highest BCUT2D eigenvalue weighted by Gasteiger charge is 2.19. The monoisotopic (exact) mass is 408 g/mol. The summed E-state index contributed by atoms with van der Waals surface area (Å²) in [7, 11) is 0. The highest BCUT2D eigenvalue weighted by Crippen LogP contribution is 2.29. The molecule has 2 aromatic carbocycles. The van der Waals surface area contributed by atoms with Gasteiger partial charge in [0.25, 0.3) is 11.8 Å². The van der Waals surface area contributed by atoms with Gasteiger partial charge in [0.1, 0.15) is 33.8 Å². The smallest absolute Gasteiger partial charge is 0.349 e. The Bertz CT molecular complexity index is 1450. The molecule has 30 heavy (non-hydrogen) atoms. The van der Waals surface area contributed by atoms with Crippen LogP contribution in [0.5, 0.6) is 11.5 Å². The summed E-state index contributed by atoms with van der Waals surface area (Å²) in [4.78, 5) is 48.6. The number of phenols is 2. The van der Waals surface area contributed by atoms with Gasteiger partial charge in [0.05, 0.1) is 5.39 Å². The maximum absolute atomic E-state index is 12.3. The Balaban J connectivity index is 1.58. The normalized spacial score (nSPS) is 10.8. The molecular weight excluding hydrogens is 396 g/mol. The first kappa shape index (κ1) is 18.7. The van der Waals surface area contributed by atoms with Gasteiger partial charge in [0.15, 0.2) is 0 Å². The summed E-state index contributed by atoms with van der Waals surface area (Å²) in [6.45, 7) is 0. The molecule has 2 amide bonds. The first-order chi connectivity index (χ1) is 14.3. The van der Waals surface area contributed by atoms with Gasteiger partial charge in [0.2, 0.25) is 0 Å².